The molecule has 2 aromatic heterocycles. The molecule has 1 aromatic carbocycles. The van der Waals surface area contributed by atoms with Crippen LogP contribution in [0.5, 0.6) is 5.75 Å². The van der Waals surface area contributed by atoms with Crippen LogP contribution in [-0.4, -0.2) is 35.4 Å². The average molecular weight is 411 g/mol. The summed E-state index contributed by atoms with van der Waals surface area (Å²) in [5.74, 6) is -0.934. The molecule has 3 aromatic rings. The molecule has 0 spiro atoms. The third-order valence-electron chi connectivity index (χ3n) is 5.07. The van der Waals surface area contributed by atoms with Crippen LogP contribution in [0.3, 0.4) is 0 Å². The third-order valence-corrected chi connectivity index (χ3v) is 5.99. The zero-order valence-electron chi connectivity index (χ0n) is 16.2. The number of unbranched alkanes of at least 4 members (excludes halogenated alkanes) is 1. The Morgan fingerprint density at radius 3 is 2.83 bits per heavy atom. The van der Waals surface area contributed by atoms with Crippen LogP contribution >= 0.6 is 11.3 Å². The lowest BCUT2D eigenvalue weighted by Gasteiger charge is -2.25. The molecule has 6 nitrogen and oxygen atoms in total. The van der Waals surface area contributed by atoms with E-state index in [1.54, 1.807) is 17.0 Å². The SMILES string of the molecule is CCCCN1C(=O)C(O)=C(C(=O)c2cc3cccc(OC)c3o2)C1c1cccs1. The highest BCUT2D eigenvalue weighted by Crippen LogP contribution is 2.41. The van der Waals surface area contributed by atoms with E-state index in [-0.39, 0.29) is 11.3 Å². The van der Waals surface area contributed by atoms with Crippen LogP contribution in [0.4, 0.5) is 0 Å². The lowest BCUT2D eigenvalue weighted by molar-refractivity contribution is -0.129. The molecule has 1 amide bonds. The predicted molar refractivity (Wildman–Crippen MR) is 110 cm³/mol. The number of rotatable bonds is 7. The van der Waals surface area contributed by atoms with E-state index in [2.05, 4.69) is 0 Å². The van der Waals surface area contributed by atoms with Crippen molar-refractivity contribution >= 4 is 34.0 Å². The summed E-state index contributed by atoms with van der Waals surface area (Å²) >= 11 is 1.45. The van der Waals surface area contributed by atoms with Gasteiger partial charge in [0.2, 0.25) is 5.78 Å². The number of aliphatic hydroxyl groups is 1. The number of carbonyl (C=O) groups is 2. The van der Waals surface area contributed by atoms with Crippen molar-refractivity contribution in [2.75, 3.05) is 13.7 Å². The van der Waals surface area contributed by atoms with Gasteiger partial charge in [-0.25, -0.2) is 0 Å². The summed E-state index contributed by atoms with van der Waals surface area (Å²) in [5, 5.41) is 13.2. The molecule has 29 heavy (non-hydrogen) atoms. The largest absolute Gasteiger partial charge is 0.503 e. The first-order valence-electron chi connectivity index (χ1n) is 9.45. The van der Waals surface area contributed by atoms with Gasteiger partial charge in [-0.3, -0.25) is 9.59 Å². The Bertz CT molecular complexity index is 1100. The number of methoxy groups -OCH3 is 1. The molecule has 7 heteroatoms. The summed E-state index contributed by atoms with van der Waals surface area (Å²) in [6.45, 7) is 2.49. The topological polar surface area (TPSA) is 80.0 Å². The third kappa shape index (κ3) is 3.21. The molecule has 150 valence electrons. The lowest BCUT2D eigenvalue weighted by atomic mass is 10.00. The number of aliphatic hydroxyl groups excluding tert-OH is 1. The van der Waals surface area contributed by atoms with Crippen LogP contribution in [0, 0.1) is 0 Å². The molecule has 0 bridgehead atoms. The first kappa shape index (κ1) is 19.3. The quantitative estimate of drug-likeness (QED) is 0.561. The minimum absolute atomic E-state index is 0.0616. The van der Waals surface area contributed by atoms with Crippen molar-refractivity contribution in [2.24, 2.45) is 0 Å². The highest BCUT2D eigenvalue weighted by molar-refractivity contribution is 7.10. The van der Waals surface area contributed by atoms with E-state index in [0.29, 0.717) is 23.3 Å². The second-order valence-corrected chi connectivity index (χ2v) is 7.83. The highest BCUT2D eigenvalue weighted by atomic mass is 32.1. The van der Waals surface area contributed by atoms with E-state index < -0.39 is 23.5 Å². The highest BCUT2D eigenvalue weighted by Gasteiger charge is 2.44. The molecule has 1 N–H and O–H groups in total. The minimum Gasteiger partial charge on any atom is -0.503 e. The van der Waals surface area contributed by atoms with E-state index >= 15 is 0 Å². The second-order valence-electron chi connectivity index (χ2n) is 6.85. The van der Waals surface area contributed by atoms with Crippen LogP contribution in [0.1, 0.15) is 41.2 Å². The maximum atomic E-state index is 13.4. The first-order chi connectivity index (χ1) is 14.1. The summed E-state index contributed by atoms with van der Waals surface area (Å²) in [7, 11) is 1.53. The molecule has 1 unspecified atom stereocenters. The monoisotopic (exact) mass is 411 g/mol. The maximum absolute atomic E-state index is 13.4. The van der Waals surface area contributed by atoms with Gasteiger partial charge in [-0.05, 0) is 30.0 Å². The number of para-hydroxylation sites is 1. The molecule has 1 atom stereocenters. The number of carbonyl (C=O) groups excluding carboxylic acids is 2. The summed E-state index contributed by atoms with van der Waals surface area (Å²) in [6.07, 6.45) is 1.68. The predicted octanol–water partition coefficient (Wildman–Crippen LogP) is 4.88. The van der Waals surface area contributed by atoms with Crippen LogP contribution in [0.2, 0.25) is 0 Å². The number of fused-ring (bicyclic) bond motifs is 1. The molecule has 0 saturated carbocycles. The Balaban J connectivity index is 1.79. The number of hydrogen-bond acceptors (Lipinski definition) is 6. The number of furan rings is 1. The summed E-state index contributed by atoms with van der Waals surface area (Å²) in [4.78, 5) is 28.5. The molecule has 3 heterocycles. The number of ether oxygens (including phenoxy) is 1. The van der Waals surface area contributed by atoms with Gasteiger partial charge in [0.05, 0.1) is 18.7 Å². The van der Waals surface area contributed by atoms with Crippen LogP contribution < -0.4 is 4.74 Å². The molecule has 0 fully saturated rings. The number of benzene rings is 1. The van der Waals surface area contributed by atoms with Crippen molar-refractivity contribution in [2.45, 2.75) is 25.8 Å². The Labute approximate surface area is 172 Å². The minimum atomic E-state index is -0.614. The zero-order valence-corrected chi connectivity index (χ0v) is 17.0. The van der Waals surface area contributed by atoms with Crippen LogP contribution in [0.15, 0.2) is 57.5 Å². The number of nitrogens with zero attached hydrogens (tertiary/aromatic N) is 1. The number of amides is 1. The Kier molecular flexibility index (Phi) is 5.15. The summed E-state index contributed by atoms with van der Waals surface area (Å²) in [5.41, 5.74) is 0.518. The van der Waals surface area contributed by atoms with Crippen molar-refractivity contribution in [3.63, 3.8) is 0 Å². The fraction of sp³-hybridized carbons (Fsp3) is 0.273. The van der Waals surface area contributed by atoms with Crippen molar-refractivity contribution < 1.29 is 23.8 Å². The Morgan fingerprint density at radius 2 is 2.14 bits per heavy atom. The average Bonchev–Trinajstić information content (AvgIpc) is 3.45. The van der Waals surface area contributed by atoms with Gasteiger partial charge in [0.1, 0.15) is 0 Å². The normalized spacial score (nSPS) is 16.8. The van der Waals surface area contributed by atoms with Crippen molar-refractivity contribution in [1.82, 2.24) is 4.90 Å². The van der Waals surface area contributed by atoms with Gasteiger partial charge in [-0.15, -0.1) is 11.3 Å². The number of hydrogen-bond donors (Lipinski definition) is 1. The van der Waals surface area contributed by atoms with Crippen LogP contribution in [0.25, 0.3) is 11.0 Å². The van der Waals surface area contributed by atoms with Crippen molar-refractivity contribution in [3.8, 4) is 5.75 Å². The standard InChI is InChI=1S/C22H21NO5S/c1-3-4-10-23-18(16-9-6-11-29-16)17(20(25)22(23)26)19(24)15-12-13-7-5-8-14(27-2)21(13)28-15/h5-9,11-12,18,25H,3-4,10H2,1-2H3. The van der Waals surface area contributed by atoms with Gasteiger partial charge >= 0.3 is 0 Å². The number of ketones is 1. The molecule has 0 radical (unpaired) electrons. The smallest absolute Gasteiger partial charge is 0.290 e. The van der Waals surface area contributed by atoms with Gasteiger partial charge in [-0.1, -0.05) is 31.5 Å². The fourth-order valence-corrected chi connectivity index (χ4v) is 4.47. The molecular formula is C22H21NO5S. The maximum Gasteiger partial charge on any atom is 0.290 e. The fourth-order valence-electron chi connectivity index (χ4n) is 3.63. The molecule has 1 aliphatic heterocycles. The molecular weight excluding hydrogens is 390 g/mol. The van der Waals surface area contributed by atoms with E-state index in [9.17, 15) is 14.7 Å². The van der Waals surface area contributed by atoms with Gasteiger partial charge in [0, 0.05) is 16.8 Å². The summed E-state index contributed by atoms with van der Waals surface area (Å²) < 4.78 is 11.1. The first-order valence-corrected chi connectivity index (χ1v) is 10.3. The van der Waals surface area contributed by atoms with Crippen molar-refractivity contribution in [3.05, 3.63) is 63.7 Å². The van der Waals surface area contributed by atoms with E-state index in [1.165, 1.54) is 18.4 Å². The van der Waals surface area contributed by atoms with Crippen LogP contribution in [-0.2, 0) is 4.79 Å². The Morgan fingerprint density at radius 1 is 1.31 bits per heavy atom. The molecule has 1 aliphatic rings. The van der Waals surface area contributed by atoms with Gasteiger partial charge in [0.25, 0.3) is 5.91 Å². The van der Waals surface area contributed by atoms with Gasteiger partial charge in [-0.2, -0.15) is 0 Å². The number of Topliss-reactive ketones (excluding diaryl/α,β-unsaturated/α-hetero) is 1. The zero-order chi connectivity index (χ0) is 20.5. The summed E-state index contributed by atoms with van der Waals surface area (Å²) in [6, 6.07) is 10.1. The van der Waals surface area contributed by atoms with E-state index in [1.807, 2.05) is 36.6 Å². The molecule has 4 rings (SSSR count). The van der Waals surface area contributed by atoms with E-state index in [0.717, 1.165) is 17.7 Å². The van der Waals surface area contributed by atoms with E-state index in [4.69, 9.17) is 9.15 Å². The Hall–Kier alpha value is -3.06. The van der Waals surface area contributed by atoms with Gasteiger partial charge in [0.15, 0.2) is 22.9 Å². The van der Waals surface area contributed by atoms with Gasteiger partial charge < -0.3 is 19.2 Å². The lowest BCUT2D eigenvalue weighted by Crippen LogP contribution is -2.31. The number of thiophene rings is 1. The van der Waals surface area contributed by atoms with Crippen molar-refractivity contribution in [1.29, 1.82) is 0 Å². The molecule has 0 saturated heterocycles. The second kappa shape index (κ2) is 7.75. The molecule has 0 aliphatic carbocycles.